The third kappa shape index (κ3) is 2.18. The molecule has 4 N–H and O–H groups in total. The predicted octanol–water partition coefficient (Wildman–Crippen LogP) is -0.543. The average Bonchev–Trinajstić information content (AvgIpc) is 2.79. The average molecular weight is 186 g/mol. The van der Waals surface area contributed by atoms with Crippen LogP contribution in [0, 0.1) is 0 Å². The molecule has 1 rings (SSSR count). The fraction of sp³-hybridized carbons (Fsp3) is 0.750. The van der Waals surface area contributed by atoms with E-state index in [1.165, 1.54) is 0 Å². The van der Waals surface area contributed by atoms with Gasteiger partial charge in [-0.1, -0.05) is 6.92 Å². The Morgan fingerprint density at radius 1 is 1.62 bits per heavy atom. The Labute approximate surface area is 76.3 Å². The monoisotopic (exact) mass is 186 g/mol. The van der Waals surface area contributed by atoms with Gasteiger partial charge in [0.25, 0.3) is 0 Å². The maximum absolute atomic E-state index is 11.3. The zero-order valence-electron chi connectivity index (χ0n) is 7.54. The van der Waals surface area contributed by atoms with Gasteiger partial charge in [0.2, 0.25) is 5.91 Å². The largest absolute Gasteiger partial charge is 0.480 e. The molecule has 74 valence electrons. The highest BCUT2D eigenvalue weighted by Gasteiger charge is 2.46. The zero-order valence-corrected chi connectivity index (χ0v) is 7.54. The Hall–Kier alpha value is -1.10. The van der Waals surface area contributed by atoms with Crippen LogP contribution in [0.2, 0.25) is 0 Å². The van der Waals surface area contributed by atoms with Crippen LogP contribution in [-0.4, -0.2) is 28.6 Å². The van der Waals surface area contributed by atoms with Gasteiger partial charge in [0, 0.05) is 0 Å². The number of carboxylic acid groups (broad SMARTS) is 1. The van der Waals surface area contributed by atoms with Gasteiger partial charge < -0.3 is 16.2 Å². The number of nitrogens with two attached hydrogens (primary N) is 1. The van der Waals surface area contributed by atoms with Gasteiger partial charge in [-0.3, -0.25) is 4.79 Å². The van der Waals surface area contributed by atoms with E-state index in [-0.39, 0.29) is 5.91 Å². The van der Waals surface area contributed by atoms with Crippen molar-refractivity contribution in [3.63, 3.8) is 0 Å². The molecule has 0 heterocycles. The van der Waals surface area contributed by atoms with Gasteiger partial charge in [-0.25, -0.2) is 4.79 Å². The van der Waals surface area contributed by atoms with Gasteiger partial charge in [0.05, 0.1) is 5.54 Å². The van der Waals surface area contributed by atoms with E-state index in [0.29, 0.717) is 19.3 Å². The van der Waals surface area contributed by atoms with E-state index in [4.69, 9.17) is 10.8 Å². The van der Waals surface area contributed by atoms with Crippen LogP contribution in [-0.2, 0) is 9.59 Å². The van der Waals surface area contributed by atoms with Crippen molar-refractivity contribution in [2.45, 2.75) is 37.8 Å². The van der Waals surface area contributed by atoms with E-state index in [2.05, 4.69) is 5.32 Å². The molecule has 13 heavy (non-hydrogen) atoms. The molecule has 0 aliphatic heterocycles. The first-order valence-electron chi connectivity index (χ1n) is 4.32. The standard InChI is InChI=1S/C8H14N2O3/c1-2-5(6(11)12)10-7(13)8(9)3-4-8/h5H,2-4,9H2,1H3,(H,10,13)(H,11,12). The third-order valence-corrected chi connectivity index (χ3v) is 2.25. The lowest BCUT2D eigenvalue weighted by Gasteiger charge is -2.15. The van der Waals surface area contributed by atoms with Crippen molar-refractivity contribution in [1.29, 1.82) is 0 Å². The second-order valence-corrected chi connectivity index (χ2v) is 3.43. The Balaban J connectivity index is 2.46. The van der Waals surface area contributed by atoms with Crippen LogP contribution < -0.4 is 11.1 Å². The molecule has 0 saturated heterocycles. The Bertz CT molecular complexity index is 236. The number of rotatable bonds is 4. The van der Waals surface area contributed by atoms with Gasteiger partial charge in [-0.2, -0.15) is 0 Å². The minimum Gasteiger partial charge on any atom is -0.480 e. The topological polar surface area (TPSA) is 92.4 Å². The van der Waals surface area contributed by atoms with Gasteiger partial charge in [0.1, 0.15) is 6.04 Å². The van der Waals surface area contributed by atoms with Crippen LogP contribution >= 0.6 is 0 Å². The SMILES string of the molecule is CCC(NC(=O)C1(N)CC1)C(=O)O. The van der Waals surface area contributed by atoms with Crippen LogP contribution in [0.1, 0.15) is 26.2 Å². The fourth-order valence-corrected chi connectivity index (χ4v) is 1.00. The van der Waals surface area contributed by atoms with E-state index < -0.39 is 17.6 Å². The van der Waals surface area contributed by atoms with Crippen molar-refractivity contribution in [2.24, 2.45) is 5.73 Å². The van der Waals surface area contributed by atoms with Crippen LogP contribution in [0.4, 0.5) is 0 Å². The summed E-state index contributed by atoms with van der Waals surface area (Å²) >= 11 is 0. The van der Waals surface area contributed by atoms with E-state index >= 15 is 0 Å². The Kier molecular flexibility index (Phi) is 2.56. The number of nitrogens with one attached hydrogen (secondary N) is 1. The Morgan fingerprint density at radius 2 is 2.15 bits per heavy atom. The first-order chi connectivity index (χ1) is 5.99. The third-order valence-electron chi connectivity index (χ3n) is 2.25. The molecule has 1 atom stereocenters. The van der Waals surface area contributed by atoms with Crippen molar-refractivity contribution in [2.75, 3.05) is 0 Å². The minimum atomic E-state index is -1.01. The number of hydrogen-bond donors (Lipinski definition) is 3. The predicted molar refractivity (Wildman–Crippen MR) is 46.0 cm³/mol. The summed E-state index contributed by atoms with van der Waals surface area (Å²) in [7, 11) is 0. The van der Waals surface area contributed by atoms with Gasteiger partial charge in [-0.05, 0) is 19.3 Å². The molecule has 0 radical (unpaired) electrons. The molecule has 1 fully saturated rings. The summed E-state index contributed by atoms with van der Waals surface area (Å²) in [5, 5.41) is 11.1. The highest BCUT2D eigenvalue weighted by atomic mass is 16.4. The highest BCUT2D eigenvalue weighted by Crippen LogP contribution is 2.32. The maximum atomic E-state index is 11.3. The van der Waals surface area contributed by atoms with Crippen LogP contribution in [0.25, 0.3) is 0 Å². The van der Waals surface area contributed by atoms with Crippen molar-refractivity contribution < 1.29 is 14.7 Å². The molecule has 0 spiro atoms. The second-order valence-electron chi connectivity index (χ2n) is 3.43. The quantitative estimate of drug-likeness (QED) is 0.549. The van der Waals surface area contributed by atoms with E-state index in [0.717, 1.165) is 0 Å². The maximum Gasteiger partial charge on any atom is 0.326 e. The molecule has 5 heteroatoms. The summed E-state index contributed by atoms with van der Waals surface area (Å²) in [6, 6.07) is -0.812. The summed E-state index contributed by atoms with van der Waals surface area (Å²) in [4.78, 5) is 21.9. The van der Waals surface area contributed by atoms with E-state index in [1.807, 2.05) is 0 Å². The number of aliphatic carboxylic acids is 1. The molecule has 5 nitrogen and oxygen atoms in total. The highest BCUT2D eigenvalue weighted by molar-refractivity contribution is 5.92. The Morgan fingerprint density at radius 3 is 2.46 bits per heavy atom. The van der Waals surface area contributed by atoms with Crippen molar-refractivity contribution in [3.05, 3.63) is 0 Å². The number of amides is 1. The van der Waals surface area contributed by atoms with Gasteiger partial charge >= 0.3 is 5.97 Å². The van der Waals surface area contributed by atoms with Crippen LogP contribution in [0.15, 0.2) is 0 Å². The van der Waals surface area contributed by atoms with E-state index in [9.17, 15) is 9.59 Å². The lowest BCUT2D eigenvalue weighted by atomic mass is 10.2. The van der Waals surface area contributed by atoms with Crippen molar-refractivity contribution >= 4 is 11.9 Å². The lowest BCUT2D eigenvalue weighted by Crippen LogP contribution is -2.49. The molecule has 1 unspecified atom stereocenters. The first kappa shape index (κ1) is 9.98. The van der Waals surface area contributed by atoms with Crippen LogP contribution in [0.3, 0.4) is 0 Å². The number of carboxylic acids is 1. The number of carbonyl (C=O) groups is 2. The molecule has 1 amide bonds. The zero-order chi connectivity index (χ0) is 10.1. The van der Waals surface area contributed by atoms with Crippen molar-refractivity contribution in [3.8, 4) is 0 Å². The molecule has 0 aromatic rings. The summed E-state index contributed by atoms with van der Waals surface area (Å²) < 4.78 is 0. The van der Waals surface area contributed by atoms with Gasteiger partial charge in [0.15, 0.2) is 0 Å². The summed E-state index contributed by atoms with van der Waals surface area (Å²) in [6.07, 6.45) is 1.67. The second kappa shape index (κ2) is 3.33. The smallest absolute Gasteiger partial charge is 0.326 e. The number of carbonyl (C=O) groups excluding carboxylic acids is 1. The van der Waals surface area contributed by atoms with Crippen molar-refractivity contribution in [1.82, 2.24) is 5.32 Å². The minimum absolute atomic E-state index is 0.346. The molecular weight excluding hydrogens is 172 g/mol. The molecular formula is C8H14N2O3. The molecule has 0 aromatic carbocycles. The molecule has 0 bridgehead atoms. The molecule has 1 aliphatic rings. The lowest BCUT2D eigenvalue weighted by molar-refractivity contribution is -0.142. The summed E-state index contributed by atoms with van der Waals surface area (Å²) in [5.74, 6) is -1.36. The molecule has 1 saturated carbocycles. The van der Waals surface area contributed by atoms with E-state index in [1.54, 1.807) is 6.92 Å². The first-order valence-corrected chi connectivity index (χ1v) is 4.32. The molecule has 1 aliphatic carbocycles. The van der Waals surface area contributed by atoms with Crippen LogP contribution in [0.5, 0.6) is 0 Å². The fourth-order valence-electron chi connectivity index (χ4n) is 1.00. The normalized spacial score (nSPS) is 20.5. The summed E-state index contributed by atoms with van der Waals surface area (Å²) in [6.45, 7) is 1.70. The number of hydrogen-bond acceptors (Lipinski definition) is 3. The van der Waals surface area contributed by atoms with Gasteiger partial charge in [-0.15, -0.1) is 0 Å². The summed E-state index contributed by atoms with van der Waals surface area (Å²) in [5.41, 5.74) is 4.80. The molecule has 0 aromatic heterocycles.